The molecule has 0 radical (unpaired) electrons. The fourth-order valence-corrected chi connectivity index (χ4v) is 1.99. The van der Waals surface area contributed by atoms with Crippen molar-refractivity contribution in [3.05, 3.63) is 43.5 Å². The van der Waals surface area contributed by atoms with Crippen LogP contribution in [-0.4, -0.2) is 35.8 Å². The molecular weight excluding hydrogens is 268 g/mol. The smallest absolute Gasteiger partial charge is 0.181 e. The molecule has 3 heterocycles. The van der Waals surface area contributed by atoms with Gasteiger partial charge < -0.3 is 15.6 Å². The summed E-state index contributed by atoms with van der Waals surface area (Å²) in [6, 6.07) is 1.82. The van der Waals surface area contributed by atoms with Crippen LogP contribution in [0.25, 0.3) is 5.82 Å². The molecule has 0 aliphatic heterocycles. The summed E-state index contributed by atoms with van der Waals surface area (Å²) >= 11 is 0. The topological polar surface area (TPSA) is 99.5 Å². The van der Waals surface area contributed by atoms with E-state index in [1.165, 1.54) is 6.33 Å². The zero-order chi connectivity index (χ0) is 14.5. The van der Waals surface area contributed by atoms with Crippen LogP contribution in [0.1, 0.15) is 6.42 Å². The number of nitrogens with one attached hydrogen (secondary N) is 1. The van der Waals surface area contributed by atoms with Crippen molar-refractivity contribution in [2.45, 2.75) is 13.0 Å². The second-order valence-corrected chi connectivity index (χ2v) is 4.49. The Bertz CT molecular complexity index is 674. The van der Waals surface area contributed by atoms with E-state index >= 15 is 0 Å². The van der Waals surface area contributed by atoms with Gasteiger partial charge in [-0.3, -0.25) is 0 Å². The third kappa shape index (κ3) is 2.99. The molecular formula is C13H16N8. The Morgan fingerprint density at radius 1 is 1.19 bits per heavy atom. The lowest BCUT2D eigenvalue weighted by molar-refractivity contribution is 0.660. The largest absolute Gasteiger partial charge is 0.393 e. The van der Waals surface area contributed by atoms with Gasteiger partial charge in [0.15, 0.2) is 11.6 Å². The van der Waals surface area contributed by atoms with Crippen molar-refractivity contribution in [2.24, 2.45) is 0 Å². The number of rotatable bonds is 6. The SMILES string of the molecule is Nc1c(NCCCn2ccnc2)ncnc1-n1cccn1. The first-order chi connectivity index (χ1) is 10.3. The van der Waals surface area contributed by atoms with E-state index in [9.17, 15) is 0 Å². The average Bonchev–Trinajstić information content (AvgIpc) is 3.18. The van der Waals surface area contributed by atoms with Crippen LogP contribution in [-0.2, 0) is 6.54 Å². The van der Waals surface area contributed by atoms with Gasteiger partial charge in [-0.25, -0.2) is 19.6 Å². The van der Waals surface area contributed by atoms with Crippen molar-refractivity contribution in [3.8, 4) is 5.82 Å². The maximum absolute atomic E-state index is 6.09. The van der Waals surface area contributed by atoms with Gasteiger partial charge in [0.1, 0.15) is 12.0 Å². The number of hydrogen-bond acceptors (Lipinski definition) is 6. The van der Waals surface area contributed by atoms with E-state index in [2.05, 4.69) is 25.4 Å². The summed E-state index contributed by atoms with van der Waals surface area (Å²) < 4.78 is 3.65. The normalized spacial score (nSPS) is 10.7. The third-order valence-corrected chi connectivity index (χ3v) is 3.03. The Balaban J connectivity index is 1.62. The van der Waals surface area contributed by atoms with E-state index < -0.39 is 0 Å². The monoisotopic (exact) mass is 284 g/mol. The van der Waals surface area contributed by atoms with E-state index in [1.54, 1.807) is 29.6 Å². The van der Waals surface area contributed by atoms with Gasteiger partial charge in [0.25, 0.3) is 0 Å². The number of nitrogens with zero attached hydrogens (tertiary/aromatic N) is 6. The van der Waals surface area contributed by atoms with Gasteiger partial charge in [0.2, 0.25) is 0 Å². The highest BCUT2D eigenvalue weighted by molar-refractivity contribution is 5.68. The van der Waals surface area contributed by atoms with E-state index in [-0.39, 0.29) is 0 Å². The van der Waals surface area contributed by atoms with Gasteiger partial charge in [-0.2, -0.15) is 5.10 Å². The van der Waals surface area contributed by atoms with Crippen LogP contribution in [0.2, 0.25) is 0 Å². The average molecular weight is 284 g/mol. The van der Waals surface area contributed by atoms with Gasteiger partial charge in [-0.05, 0) is 12.5 Å². The quantitative estimate of drug-likeness (QED) is 0.654. The number of imidazole rings is 1. The first-order valence-corrected chi connectivity index (χ1v) is 6.64. The van der Waals surface area contributed by atoms with Crippen molar-refractivity contribution in [3.63, 3.8) is 0 Å². The Labute approximate surface area is 121 Å². The molecule has 3 N–H and O–H groups in total. The van der Waals surface area contributed by atoms with E-state index in [4.69, 9.17) is 5.73 Å². The minimum Gasteiger partial charge on any atom is -0.393 e. The number of aryl methyl sites for hydroxylation is 1. The first-order valence-electron chi connectivity index (χ1n) is 6.64. The minimum atomic E-state index is 0.490. The molecule has 3 rings (SSSR count). The maximum atomic E-state index is 6.09. The Kier molecular flexibility index (Phi) is 3.77. The second-order valence-electron chi connectivity index (χ2n) is 4.49. The van der Waals surface area contributed by atoms with Crippen molar-refractivity contribution >= 4 is 11.5 Å². The molecule has 108 valence electrons. The number of anilines is 2. The van der Waals surface area contributed by atoms with E-state index in [0.717, 1.165) is 19.5 Å². The Morgan fingerprint density at radius 3 is 2.90 bits per heavy atom. The zero-order valence-corrected chi connectivity index (χ0v) is 11.4. The lowest BCUT2D eigenvalue weighted by Gasteiger charge is -2.11. The van der Waals surface area contributed by atoms with Crippen molar-refractivity contribution < 1.29 is 0 Å². The lowest BCUT2D eigenvalue weighted by Crippen LogP contribution is -2.12. The van der Waals surface area contributed by atoms with Gasteiger partial charge in [0.05, 0.1) is 6.33 Å². The predicted octanol–water partition coefficient (Wildman–Crippen LogP) is 0.943. The Hall–Kier alpha value is -2.90. The summed E-state index contributed by atoms with van der Waals surface area (Å²) in [5.74, 6) is 1.20. The Morgan fingerprint density at radius 2 is 2.14 bits per heavy atom. The molecule has 0 fully saturated rings. The highest BCUT2D eigenvalue weighted by Gasteiger charge is 2.09. The molecule has 0 aliphatic rings. The molecule has 0 aliphatic carbocycles. The fraction of sp³-hybridized carbons (Fsp3) is 0.231. The van der Waals surface area contributed by atoms with Crippen molar-refractivity contribution in [1.29, 1.82) is 0 Å². The van der Waals surface area contributed by atoms with E-state index in [0.29, 0.717) is 17.3 Å². The summed E-state index contributed by atoms with van der Waals surface area (Å²) in [4.78, 5) is 12.3. The second kappa shape index (κ2) is 6.04. The van der Waals surface area contributed by atoms with Gasteiger partial charge >= 0.3 is 0 Å². The molecule has 3 aromatic heterocycles. The van der Waals surface area contributed by atoms with Crippen molar-refractivity contribution in [1.82, 2.24) is 29.3 Å². The molecule has 0 saturated carbocycles. The molecule has 21 heavy (non-hydrogen) atoms. The minimum absolute atomic E-state index is 0.490. The molecule has 0 atom stereocenters. The number of nitrogen functional groups attached to an aromatic ring is 1. The molecule has 0 saturated heterocycles. The van der Waals surface area contributed by atoms with Crippen LogP contribution >= 0.6 is 0 Å². The van der Waals surface area contributed by atoms with Crippen LogP contribution in [0.3, 0.4) is 0 Å². The number of aromatic nitrogens is 6. The number of hydrogen-bond donors (Lipinski definition) is 2. The van der Waals surface area contributed by atoms with Crippen LogP contribution in [0, 0.1) is 0 Å². The zero-order valence-electron chi connectivity index (χ0n) is 11.4. The van der Waals surface area contributed by atoms with Crippen LogP contribution in [0.4, 0.5) is 11.5 Å². The third-order valence-electron chi connectivity index (χ3n) is 3.03. The van der Waals surface area contributed by atoms with Gasteiger partial charge in [-0.1, -0.05) is 0 Å². The van der Waals surface area contributed by atoms with Crippen LogP contribution in [0.5, 0.6) is 0 Å². The molecule has 0 spiro atoms. The highest BCUT2D eigenvalue weighted by atomic mass is 15.3. The molecule has 8 heteroatoms. The molecule has 0 bridgehead atoms. The molecule has 0 unspecified atom stereocenters. The number of nitrogens with two attached hydrogens (primary N) is 1. The highest BCUT2D eigenvalue weighted by Crippen LogP contribution is 2.20. The standard InChI is InChI=1S/C13H16N8/c14-11-12(16-3-1-6-20-8-5-15-10-20)17-9-18-13(11)21-7-2-4-19-21/h2,4-5,7-10H,1,3,6,14H2,(H,16,17,18). The summed E-state index contributed by atoms with van der Waals surface area (Å²) in [6.45, 7) is 1.65. The first kappa shape index (κ1) is 13.1. The molecule has 0 amide bonds. The summed E-state index contributed by atoms with van der Waals surface area (Å²) in [5.41, 5.74) is 6.58. The summed E-state index contributed by atoms with van der Waals surface area (Å²) in [6.07, 6.45) is 11.4. The van der Waals surface area contributed by atoms with Gasteiger partial charge in [-0.15, -0.1) is 0 Å². The van der Waals surface area contributed by atoms with Crippen molar-refractivity contribution in [2.75, 3.05) is 17.6 Å². The molecule has 8 nitrogen and oxygen atoms in total. The molecule has 3 aromatic rings. The van der Waals surface area contributed by atoms with Crippen LogP contribution < -0.4 is 11.1 Å². The molecule has 0 aromatic carbocycles. The summed E-state index contributed by atoms with van der Waals surface area (Å²) in [7, 11) is 0. The fourth-order valence-electron chi connectivity index (χ4n) is 1.99. The van der Waals surface area contributed by atoms with E-state index in [1.807, 2.05) is 16.8 Å². The predicted molar refractivity (Wildman–Crippen MR) is 78.9 cm³/mol. The lowest BCUT2D eigenvalue weighted by atomic mass is 10.4. The van der Waals surface area contributed by atoms with Crippen LogP contribution in [0.15, 0.2) is 43.5 Å². The van der Waals surface area contributed by atoms with Gasteiger partial charge in [0, 0.05) is 37.9 Å². The maximum Gasteiger partial charge on any atom is 0.181 e. The summed E-state index contributed by atoms with van der Waals surface area (Å²) in [5, 5.41) is 7.35.